The third-order valence-corrected chi connectivity index (χ3v) is 4.65. The van der Waals surface area contributed by atoms with Crippen LogP contribution in [-0.2, 0) is 23.3 Å². The molecular formula is C12H22O13P+. The molecule has 0 aromatic heterocycles. The lowest BCUT2D eigenvalue weighted by Gasteiger charge is -2.43. The maximum absolute atomic E-state index is 11.0. The minimum Gasteiger partial charge on any atom is -0.394 e. The predicted octanol–water partition coefficient (Wildman–Crippen LogP) is -4.72. The topological polar surface area (TPSA) is 216 Å². The SMILES string of the molecule is O=[P+](O)O[C@H]1[C@H](O)[C@@H](CO)O[C@@]1(CO)O[C@H]1O[C@H](CO)[C@@H](O)[C@H](O)[C@H]1O. The van der Waals surface area contributed by atoms with Gasteiger partial charge in [-0.1, -0.05) is 0 Å². The van der Waals surface area contributed by atoms with Crippen molar-refractivity contribution < 1.29 is 63.9 Å². The van der Waals surface area contributed by atoms with Crippen molar-refractivity contribution in [3.63, 3.8) is 0 Å². The molecule has 14 heteroatoms. The van der Waals surface area contributed by atoms with E-state index in [0.717, 1.165) is 0 Å². The van der Waals surface area contributed by atoms with E-state index in [2.05, 4.69) is 4.52 Å². The van der Waals surface area contributed by atoms with Gasteiger partial charge in [0.15, 0.2) is 6.29 Å². The van der Waals surface area contributed by atoms with Crippen molar-refractivity contribution in [1.82, 2.24) is 0 Å². The van der Waals surface area contributed by atoms with Gasteiger partial charge in [0.05, 0.1) is 13.2 Å². The lowest BCUT2D eigenvalue weighted by atomic mass is 9.99. The molecule has 2 fully saturated rings. The fourth-order valence-electron chi connectivity index (χ4n) is 2.85. The zero-order chi connectivity index (χ0) is 19.6. The monoisotopic (exact) mass is 405 g/mol. The molecule has 2 rings (SSSR count). The number of rotatable bonds is 7. The molecule has 2 aliphatic rings. The summed E-state index contributed by atoms with van der Waals surface area (Å²) in [5.74, 6) is -2.35. The molecule has 0 spiro atoms. The second-order valence-electron chi connectivity index (χ2n) is 5.88. The van der Waals surface area contributed by atoms with Gasteiger partial charge < -0.3 is 50.0 Å². The molecular weight excluding hydrogens is 383 g/mol. The summed E-state index contributed by atoms with van der Waals surface area (Å²) in [6.07, 6.45) is -13.3. The van der Waals surface area contributed by atoms with Crippen LogP contribution in [0.5, 0.6) is 0 Å². The molecule has 10 atom stereocenters. The second-order valence-corrected chi connectivity index (χ2v) is 6.56. The fourth-order valence-corrected chi connectivity index (χ4v) is 3.33. The number of ether oxygens (including phenoxy) is 3. The van der Waals surface area contributed by atoms with Gasteiger partial charge in [-0.05, 0) is 0 Å². The summed E-state index contributed by atoms with van der Waals surface area (Å²) in [7, 11) is -3.28. The van der Waals surface area contributed by atoms with Crippen molar-refractivity contribution in [2.45, 2.75) is 54.8 Å². The Morgan fingerprint density at radius 2 is 1.54 bits per heavy atom. The standard InChI is InChI=1S/C12H21O13P/c13-1-4-6(16)8(18)9(19)11(22-4)24-12(3-15)10(25-26(20)21)7(17)5(2-14)23-12/h4-11,13-19H,1-3H2/p+1/t4-,5-,6-,7-,8+,9-,10+,11-,12+/m1/s1. The predicted molar refractivity (Wildman–Crippen MR) is 77.3 cm³/mol. The molecule has 26 heavy (non-hydrogen) atoms. The van der Waals surface area contributed by atoms with E-state index in [4.69, 9.17) is 19.1 Å². The molecule has 0 aromatic rings. The highest BCUT2D eigenvalue weighted by Gasteiger charge is 2.62. The van der Waals surface area contributed by atoms with Crippen molar-refractivity contribution in [3.8, 4) is 0 Å². The molecule has 2 aliphatic heterocycles. The van der Waals surface area contributed by atoms with E-state index in [1.54, 1.807) is 0 Å². The van der Waals surface area contributed by atoms with Crippen molar-refractivity contribution >= 4 is 8.25 Å². The third kappa shape index (κ3) is 4.05. The molecule has 13 nitrogen and oxygen atoms in total. The Labute approximate surface area is 147 Å². The van der Waals surface area contributed by atoms with Crippen LogP contribution in [0.3, 0.4) is 0 Å². The molecule has 0 aromatic carbocycles. The summed E-state index contributed by atoms with van der Waals surface area (Å²) in [4.78, 5) is 8.97. The minimum atomic E-state index is -3.28. The quantitative estimate of drug-likeness (QED) is 0.187. The Morgan fingerprint density at radius 3 is 2.04 bits per heavy atom. The van der Waals surface area contributed by atoms with E-state index in [1.807, 2.05) is 0 Å². The zero-order valence-corrected chi connectivity index (χ0v) is 14.2. The molecule has 1 unspecified atom stereocenters. The van der Waals surface area contributed by atoms with Crippen molar-refractivity contribution in [2.24, 2.45) is 0 Å². The van der Waals surface area contributed by atoms with Gasteiger partial charge >= 0.3 is 8.25 Å². The van der Waals surface area contributed by atoms with Crippen LogP contribution in [0, 0.1) is 0 Å². The molecule has 0 bridgehead atoms. The third-order valence-electron chi connectivity index (χ3n) is 4.24. The van der Waals surface area contributed by atoms with E-state index in [9.17, 15) is 40.3 Å². The first kappa shape index (κ1) is 21.9. The van der Waals surface area contributed by atoms with Crippen molar-refractivity contribution in [3.05, 3.63) is 0 Å². The van der Waals surface area contributed by atoms with E-state index in [1.165, 1.54) is 0 Å². The molecule has 8 N–H and O–H groups in total. The average molecular weight is 405 g/mol. The molecule has 0 radical (unpaired) electrons. The van der Waals surface area contributed by atoms with E-state index in [-0.39, 0.29) is 0 Å². The van der Waals surface area contributed by atoms with Crippen molar-refractivity contribution in [2.75, 3.05) is 19.8 Å². The van der Waals surface area contributed by atoms with Crippen LogP contribution in [0.4, 0.5) is 0 Å². The maximum Gasteiger partial charge on any atom is 0.695 e. The van der Waals surface area contributed by atoms with Gasteiger partial charge in [-0.25, -0.2) is 0 Å². The van der Waals surface area contributed by atoms with Gasteiger partial charge in [-0.3, -0.25) is 0 Å². The van der Waals surface area contributed by atoms with Crippen LogP contribution in [0.15, 0.2) is 0 Å². The van der Waals surface area contributed by atoms with Gasteiger partial charge in [0.25, 0.3) is 0 Å². The van der Waals surface area contributed by atoms with Crippen molar-refractivity contribution in [1.29, 1.82) is 0 Å². The molecule has 152 valence electrons. The number of aliphatic hydroxyl groups excluding tert-OH is 7. The van der Waals surface area contributed by atoms with Gasteiger partial charge in [-0.2, -0.15) is 0 Å². The van der Waals surface area contributed by atoms with Crippen LogP contribution < -0.4 is 0 Å². The summed E-state index contributed by atoms with van der Waals surface area (Å²) in [5, 5.41) is 67.7. The van der Waals surface area contributed by atoms with E-state index in [0.29, 0.717) is 0 Å². The lowest BCUT2D eigenvalue weighted by Crippen LogP contribution is -2.62. The molecule has 0 saturated carbocycles. The Balaban J connectivity index is 2.28. The first-order valence-electron chi connectivity index (χ1n) is 7.59. The van der Waals surface area contributed by atoms with E-state index < -0.39 is 82.9 Å². The summed E-state index contributed by atoms with van der Waals surface area (Å²) >= 11 is 0. The Hall–Kier alpha value is -0.380. The highest BCUT2D eigenvalue weighted by Crippen LogP contribution is 2.40. The molecule has 0 aliphatic carbocycles. The highest BCUT2D eigenvalue weighted by atomic mass is 31.1. The fraction of sp³-hybridized carbons (Fsp3) is 1.00. The highest BCUT2D eigenvalue weighted by molar-refractivity contribution is 7.32. The van der Waals surface area contributed by atoms with Crippen LogP contribution in [0.25, 0.3) is 0 Å². The maximum atomic E-state index is 11.0. The van der Waals surface area contributed by atoms with Gasteiger partial charge in [0.2, 0.25) is 11.9 Å². The summed E-state index contributed by atoms with van der Waals surface area (Å²) in [6, 6.07) is 0. The van der Waals surface area contributed by atoms with Gasteiger partial charge in [0.1, 0.15) is 43.2 Å². The van der Waals surface area contributed by atoms with E-state index >= 15 is 0 Å². The molecule has 0 amide bonds. The van der Waals surface area contributed by atoms with Crippen LogP contribution in [0.1, 0.15) is 0 Å². The largest absolute Gasteiger partial charge is 0.695 e. The second kappa shape index (κ2) is 8.75. The summed E-state index contributed by atoms with van der Waals surface area (Å²) < 4.78 is 31.3. The lowest BCUT2D eigenvalue weighted by molar-refractivity contribution is -0.382. The number of hydrogen-bond acceptors (Lipinski definition) is 12. The van der Waals surface area contributed by atoms with Gasteiger partial charge in [-0.15, -0.1) is 9.42 Å². The number of hydrogen-bond donors (Lipinski definition) is 8. The van der Waals surface area contributed by atoms with Gasteiger partial charge in [0, 0.05) is 4.57 Å². The number of aliphatic hydroxyl groups is 7. The smallest absolute Gasteiger partial charge is 0.394 e. The van der Waals surface area contributed by atoms with Crippen LogP contribution in [0.2, 0.25) is 0 Å². The summed E-state index contributed by atoms with van der Waals surface area (Å²) in [5.41, 5.74) is 0. The molecule has 2 saturated heterocycles. The average Bonchev–Trinajstić information content (AvgIpc) is 2.87. The normalized spacial score (nSPS) is 47.2. The Bertz CT molecular complexity index is 492. The Morgan fingerprint density at radius 1 is 0.923 bits per heavy atom. The van der Waals surface area contributed by atoms with Crippen LogP contribution >= 0.6 is 8.25 Å². The first-order chi connectivity index (χ1) is 12.2. The summed E-state index contributed by atoms with van der Waals surface area (Å²) in [6.45, 7) is -2.57. The minimum absolute atomic E-state index is 0.748. The van der Waals surface area contributed by atoms with Crippen LogP contribution in [-0.4, -0.2) is 115 Å². The first-order valence-corrected chi connectivity index (χ1v) is 8.72. The molecule has 2 heterocycles. The zero-order valence-electron chi connectivity index (χ0n) is 13.3. The Kier molecular flexibility index (Phi) is 7.38.